The van der Waals surface area contributed by atoms with E-state index in [0.717, 1.165) is 4.34 Å². The standard InChI is InChI=1S/C15H22N4O4S2/c1-8(6-16-13(22)23-15(2,3)4)19-9(7-20)17-11-10(12(19)21)18-14(24-5)25-11/h8,20H,6-7H2,1-5H3,(H,16,22). The summed E-state index contributed by atoms with van der Waals surface area (Å²) in [6, 6.07) is -0.418. The predicted molar refractivity (Wildman–Crippen MR) is 98.3 cm³/mol. The van der Waals surface area contributed by atoms with Crippen molar-refractivity contribution in [3.8, 4) is 0 Å². The first kappa shape index (κ1) is 19.7. The second-order valence-electron chi connectivity index (χ2n) is 6.43. The number of nitrogens with zero attached hydrogens (tertiary/aromatic N) is 3. The van der Waals surface area contributed by atoms with E-state index in [-0.39, 0.29) is 30.1 Å². The average Bonchev–Trinajstić information content (AvgIpc) is 2.94. The topological polar surface area (TPSA) is 106 Å². The number of rotatable bonds is 5. The largest absolute Gasteiger partial charge is 0.444 e. The zero-order valence-electron chi connectivity index (χ0n) is 14.8. The highest BCUT2D eigenvalue weighted by Crippen LogP contribution is 2.25. The highest BCUT2D eigenvalue weighted by atomic mass is 32.2. The number of aliphatic hydroxyl groups is 1. The van der Waals surface area contributed by atoms with E-state index in [1.54, 1.807) is 27.7 Å². The molecule has 0 fully saturated rings. The summed E-state index contributed by atoms with van der Waals surface area (Å²) in [5.41, 5.74) is -0.657. The molecule has 8 nitrogen and oxygen atoms in total. The van der Waals surface area contributed by atoms with Gasteiger partial charge in [-0.15, -0.1) is 0 Å². The maximum absolute atomic E-state index is 12.8. The Hall–Kier alpha value is -1.65. The SMILES string of the molecule is CSc1nc2c(=O)n(C(C)CNC(=O)OC(C)(C)C)c(CO)nc2s1. The van der Waals surface area contributed by atoms with Crippen LogP contribution in [0.15, 0.2) is 9.13 Å². The van der Waals surface area contributed by atoms with Crippen LogP contribution in [0.2, 0.25) is 0 Å². The van der Waals surface area contributed by atoms with Gasteiger partial charge in [0.25, 0.3) is 5.56 Å². The maximum atomic E-state index is 12.8. The molecule has 0 aliphatic rings. The molecule has 0 saturated carbocycles. The van der Waals surface area contributed by atoms with E-state index in [9.17, 15) is 14.7 Å². The van der Waals surface area contributed by atoms with E-state index < -0.39 is 17.7 Å². The van der Waals surface area contributed by atoms with E-state index in [4.69, 9.17) is 4.74 Å². The Morgan fingerprint density at radius 3 is 2.68 bits per heavy atom. The Morgan fingerprint density at radius 1 is 1.44 bits per heavy atom. The third-order valence-electron chi connectivity index (χ3n) is 3.22. The van der Waals surface area contributed by atoms with Gasteiger partial charge in [-0.05, 0) is 34.0 Å². The summed E-state index contributed by atoms with van der Waals surface area (Å²) in [5, 5.41) is 12.2. The Labute approximate surface area is 153 Å². The molecule has 25 heavy (non-hydrogen) atoms. The molecule has 2 N–H and O–H groups in total. The van der Waals surface area contributed by atoms with Crippen LogP contribution in [0.1, 0.15) is 39.6 Å². The maximum Gasteiger partial charge on any atom is 0.407 e. The fourth-order valence-corrected chi connectivity index (χ4v) is 3.64. The number of thiazole rings is 1. The van der Waals surface area contributed by atoms with Crippen molar-refractivity contribution in [3.63, 3.8) is 0 Å². The Morgan fingerprint density at radius 2 is 2.12 bits per heavy atom. The number of fused-ring (bicyclic) bond motifs is 1. The summed E-state index contributed by atoms with van der Waals surface area (Å²) >= 11 is 2.75. The second kappa shape index (κ2) is 7.71. The van der Waals surface area contributed by atoms with Gasteiger partial charge in [-0.25, -0.2) is 14.8 Å². The van der Waals surface area contributed by atoms with Crippen molar-refractivity contribution in [2.24, 2.45) is 0 Å². The van der Waals surface area contributed by atoms with E-state index >= 15 is 0 Å². The van der Waals surface area contributed by atoms with Gasteiger partial charge in [0.1, 0.15) is 18.0 Å². The summed E-state index contributed by atoms with van der Waals surface area (Å²) in [4.78, 5) is 33.7. The lowest BCUT2D eigenvalue weighted by atomic mass is 10.2. The van der Waals surface area contributed by atoms with Crippen LogP contribution < -0.4 is 10.9 Å². The lowest BCUT2D eigenvalue weighted by molar-refractivity contribution is 0.0520. The lowest BCUT2D eigenvalue weighted by Gasteiger charge is -2.22. The van der Waals surface area contributed by atoms with Gasteiger partial charge in [0.2, 0.25) is 0 Å². The summed E-state index contributed by atoms with van der Waals surface area (Å²) in [6.07, 6.45) is 1.31. The van der Waals surface area contributed by atoms with Crippen LogP contribution in [-0.2, 0) is 11.3 Å². The molecule has 10 heteroatoms. The molecule has 0 spiro atoms. The number of ether oxygens (including phenoxy) is 1. The monoisotopic (exact) mass is 386 g/mol. The number of carbonyl (C=O) groups is 1. The molecule has 0 aliphatic carbocycles. The number of thioether (sulfide) groups is 1. The van der Waals surface area contributed by atoms with E-state index in [1.807, 2.05) is 6.26 Å². The van der Waals surface area contributed by atoms with Crippen LogP contribution >= 0.6 is 23.1 Å². The molecule has 1 amide bonds. The number of amides is 1. The molecule has 1 atom stereocenters. The van der Waals surface area contributed by atoms with Crippen LogP contribution in [0.3, 0.4) is 0 Å². The molecule has 0 bridgehead atoms. The first-order chi connectivity index (χ1) is 11.7. The molecule has 138 valence electrons. The molecule has 1 unspecified atom stereocenters. The summed E-state index contributed by atoms with van der Waals surface area (Å²) in [7, 11) is 0. The fraction of sp³-hybridized carbons (Fsp3) is 0.600. The normalized spacial score (nSPS) is 13.0. The van der Waals surface area contributed by atoms with E-state index in [2.05, 4.69) is 15.3 Å². The third kappa shape index (κ3) is 4.71. The van der Waals surface area contributed by atoms with Crippen LogP contribution in [0.5, 0.6) is 0 Å². The van der Waals surface area contributed by atoms with Gasteiger partial charge >= 0.3 is 6.09 Å². The molecule has 0 aliphatic heterocycles. The molecule has 2 heterocycles. The van der Waals surface area contributed by atoms with Gasteiger partial charge in [-0.2, -0.15) is 0 Å². The minimum Gasteiger partial charge on any atom is -0.444 e. The van der Waals surface area contributed by atoms with Crippen molar-refractivity contribution in [2.75, 3.05) is 12.8 Å². The zero-order valence-corrected chi connectivity index (χ0v) is 16.5. The minimum absolute atomic E-state index is 0.161. The van der Waals surface area contributed by atoms with Gasteiger partial charge in [-0.1, -0.05) is 23.1 Å². The Bertz CT molecular complexity index is 825. The second-order valence-corrected chi connectivity index (χ2v) is 8.46. The number of carbonyl (C=O) groups excluding carboxylic acids is 1. The zero-order chi connectivity index (χ0) is 18.8. The Kier molecular flexibility index (Phi) is 6.07. The minimum atomic E-state index is -0.601. The van der Waals surface area contributed by atoms with Crippen molar-refractivity contribution in [2.45, 2.75) is 50.3 Å². The lowest BCUT2D eigenvalue weighted by Crippen LogP contribution is -2.38. The van der Waals surface area contributed by atoms with Crippen LogP contribution in [0, 0.1) is 0 Å². The molecule has 2 aromatic rings. The molecular weight excluding hydrogens is 364 g/mol. The number of alkyl carbamates (subject to hydrolysis) is 1. The predicted octanol–water partition coefficient (Wildman–Crippen LogP) is 2.15. The highest BCUT2D eigenvalue weighted by Gasteiger charge is 2.21. The van der Waals surface area contributed by atoms with Crippen molar-refractivity contribution in [1.82, 2.24) is 19.9 Å². The van der Waals surface area contributed by atoms with Gasteiger partial charge < -0.3 is 15.2 Å². The summed E-state index contributed by atoms with van der Waals surface area (Å²) in [6.45, 7) is 6.85. The molecule has 0 saturated heterocycles. The van der Waals surface area contributed by atoms with Gasteiger partial charge in [0, 0.05) is 6.54 Å². The van der Waals surface area contributed by atoms with Crippen molar-refractivity contribution >= 4 is 39.5 Å². The van der Waals surface area contributed by atoms with Crippen LogP contribution in [-0.4, -0.2) is 44.1 Å². The van der Waals surface area contributed by atoms with E-state index in [0.29, 0.717) is 4.83 Å². The average molecular weight is 386 g/mol. The van der Waals surface area contributed by atoms with Crippen molar-refractivity contribution in [3.05, 3.63) is 16.2 Å². The molecule has 2 rings (SSSR count). The molecular formula is C15H22N4O4S2. The highest BCUT2D eigenvalue weighted by molar-refractivity contribution is 8.00. The van der Waals surface area contributed by atoms with Gasteiger partial charge in [0.15, 0.2) is 14.7 Å². The molecule has 0 aromatic carbocycles. The van der Waals surface area contributed by atoms with E-state index in [1.165, 1.54) is 27.7 Å². The first-order valence-electron chi connectivity index (χ1n) is 7.70. The molecule has 2 aromatic heterocycles. The number of hydrogen-bond donors (Lipinski definition) is 2. The van der Waals surface area contributed by atoms with Crippen molar-refractivity contribution in [1.29, 1.82) is 0 Å². The quantitative estimate of drug-likeness (QED) is 0.758. The first-order valence-corrected chi connectivity index (χ1v) is 9.74. The number of aromatic nitrogens is 3. The smallest absolute Gasteiger partial charge is 0.407 e. The van der Waals surface area contributed by atoms with Crippen molar-refractivity contribution < 1.29 is 14.6 Å². The summed E-state index contributed by atoms with van der Waals surface area (Å²) in [5.74, 6) is 0.243. The number of aliphatic hydroxyl groups excluding tert-OH is 1. The fourth-order valence-electron chi connectivity index (χ4n) is 2.20. The molecule has 0 radical (unpaired) electrons. The summed E-state index contributed by atoms with van der Waals surface area (Å²) < 4.78 is 7.28. The Balaban J connectivity index is 2.27. The third-order valence-corrected chi connectivity index (χ3v) is 5.15. The van der Waals surface area contributed by atoms with Gasteiger partial charge in [-0.3, -0.25) is 9.36 Å². The van der Waals surface area contributed by atoms with Gasteiger partial charge in [0.05, 0.1) is 6.04 Å². The number of hydrogen-bond acceptors (Lipinski definition) is 8. The van der Waals surface area contributed by atoms with Crippen LogP contribution in [0.4, 0.5) is 4.79 Å². The van der Waals surface area contributed by atoms with Crippen LogP contribution in [0.25, 0.3) is 10.3 Å². The number of nitrogens with one attached hydrogen (secondary N) is 1.